The van der Waals surface area contributed by atoms with Crippen molar-refractivity contribution >= 4 is 11.4 Å². The van der Waals surface area contributed by atoms with Gasteiger partial charge < -0.3 is 10.6 Å². The number of para-hydroxylation sites is 2. The summed E-state index contributed by atoms with van der Waals surface area (Å²) in [6, 6.07) is 9.06. The number of fused-ring (bicyclic) bond motifs is 1. The summed E-state index contributed by atoms with van der Waals surface area (Å²) in [7, 11) is 0. The molecule has 0 amide bonds. The van der Waals surface area contributed by atoms with Crippen LogP contribution >= 0.6 is 0 Å². The van der Waals surface area contributed by atoms with E-state index in [-0.39, 0.29) is 0 Å². The molecule has 1 aliphatic heterocycles. The molecule has 2 N–H and O–H groups in total. The van der Waals surface area contributed by atoms with Gasteiger partial charge in [0.05, 0.1) is 11.4 Å². The van der Waals surface area contributed by atoms with Crippen molar-refractivity contribution in [1.82, 2.24) is 0 Å². The van der Waals surface area contributed by atoms with E-state index in [9.17, 15) is 0 Å². The molecule has 2 nitrogen and oxygen atoms in total. The van der Waals surface area contributed by atoms with Gasteiger partial charge in [0, 0.05) is 12.6 Å². The lowest BCUT2D eigenvalue weighted by Crippen LogP contribution is -2.32. The standard InChI is InChI=1S/C14H22N2/c1-2-3-4-5-8-12-11-15-13-9-6-7-10-14(13)16-12/h6-7,9-10,12,15-16H,2-5,8,11H2,1H3/t12-/m1/s1. The van der Waals surface area contributed by atoms with Crippen LogP contribution in [0.5, 0.6) is 0 Å². The Kier molecular flexibility index (Phi) is 4.09. The Morgan fingerprint density at radius 2 is 1.94 bits per heavy atom. The second kappa shape index (κ2) is 5.78. The molecule has 1 aromatic carbocycles. The van der Waals surface area contributed by atoms with Gasteiger partial charge in [0.2, 0.25) is 0 Å². The topological polar surface area (TPSA) is 24.1 Å². The molecule has 1 aromatic rings. The molecule has 0 saturated carbocycles. The molecular formula is C14H22N2. The highest BCUT2D eigenvalue weighted by Gasteiger charge is 2.15. The van der Waals surface area contributed by atoms with Crippen molar-refractivity contribution in [3.8, 4) is 0 Å². The van der Waals surface area contributed by atoms with E-state index in [0.717, 1.165) is 6.54 Å². The Morgan fingerprint density at radius 1 is 1.12 bits per heavy atom. The fraction of sp³-hybridized carbons (Fsp3) is 0.571. The lowest BCUT2D eigenvalue weighted by Gasteiger charge is -2.28. The maximum absolute atomic E-state index is 3.61. The highest BCUT2D eigenvalue weighted by molar-refractivity contribution is 5.70. The Labute approximate surface area is 98.4 Å². The van der Waals surface area contributed by atoms with Crippen LogP contribution in [0.2, 0.25) is 0 Å². The Morgan fingerprint density at radius 3 is 2.75 bits per heavy atom. The normalized spacial score (nSPS) is 18.4. The van der Waals surface area contributed by atoms with Crippen LogP contribution in [0.15, 0.2) is 24.3 Å². The summed E-state index contributed by atoms with van der Waals surface area (Å²) >= 11 is 0. The van der Waals surface area contributed by atoms with Crippen LogP contribution in [0, 0.1) is 0 Å². The molecular weight excluding hydrogens is 196 g/mol. The molecule has 88 valence electrons. The molecule has 0 radical (unpaired) electrons. The minimum Gasteiger partial charge on any atom is -0.381 e. The predicted molar refractivity (Wildman–Crippen MR) is 71.1 cm³/mol. The second-order valence-electron chi connectivity index (χ2n) is 4.62. The lowest BCUT2D eigenvalue weighted by atomic mass is 10.0. The van der Waals surface area contributed by atoms with Gasteiger partial charge in [0.25, 0.3) is 0 Å². The zero-order chi connectivity index (χ0) is 11.2. The lowest BCUT2D eigenvalue weighted by molar-refractivity contribution is 0.579. The van der Waals surface area contributed by atoms with Crippen LogP contribution in [0.1, 0.15) is 39.0 Å². The first-order chi connectivity index (χ1) is 7.90. The first kappa shape index (κ1) is 11.3. The average molecular weight is 218 g/mol. The third-order valence-electron chi connectivity index (χ3n) is 3.23. The fourth-order valence-corrected chi connectivity index (χ4v) is 2.26. The largest absolute Gasteiger partial charge is 0.381 e. The van der Waals surface area contributed by atoms with Gasteiger partial charge in [0.1, 0.15) is 0 Å². The summed E-state index contributed by atoms with van der Waals surface area (Å²) in [5.41, 5.74) is 2.50. The van der Waals surface area contributed by atoms with Gasteiger partial charge in [-0.3, -0.25) is 0 Å². The van der Waals surface area contributed by atoms with Crippen molar-refractivity contribution in [1.29, 1.82) is 0 Å². The van der Waals surface area contributed by atoms with Gasteiger partial charge in [-0.2, -0.15) is 0 Å². The van der Waals surface area contributed by atoms with E-state index in [1.165, 1.54) is 43.5 Å². The molecule has 2 rings (SSSR count). The molecule has 2 heteroatoms. The molecule has 0 aliphatic carbocycles. The molecule has 1 atom stereocenters. The number of nitrogens with one attached hydrogen (secondary N) is 2. The highest BCUT2D eigenvalue weighted by Crippen LogP contribution is 2.26. The van der Waals surface area contributed by atoms with E-state index >= 15 is 0 Å². The molecule has 16 heavy (non-hydrogen) atoms. The Hall–Kier alpha value is -1.18. The van der Waals surface area contributed by atoms with Crippen LogP contribution in [-0.2, 0) is 0 Å². The molecule has 0 spiro atoms. The van der Waals surface area contributed by atoms with Crippen LogP contribution < -0.4 is 10.6 Å². The van der Waals surface area contributed by atoms with E-state index in [2.05, 4.69) is 41.8 Å². The number of anilines is 2. The third-order valence-corrected chi connectivity index (χ3v) is 3.23. The first-order valence-corrected chi connectivity index (χ1v) is 6.49. The van der Waals surface area contributed by atoms with Crippen molar-refractivity contribution in [2.45, 2.75) is 45.1 Å². The van der Waals surface area contributed by atoms with Crippen LogP contribution in [0.25, 0.3) is 0 Å². The summed E-state index contributed by atoms with van der Waals surface area (Å²) in [6.45, 7) is 3.32. The van der Waals surface area contributed by atoms with Gasteiger partial charge in [-0.1, -0.05) is 44.7 Å². The molecule has 0 unspecified atom stereocenters. The van der Waals surface area contributed by atoms with Gasteiger partial charge >= 0.3 is 0 Å². The quantitative estimate of drug-likeness (QED) is 0.733. The summed E-state index contributed by atoms with van der Waals surface area (Å²) in [6.07, 6.45) is 6.68. The molecule has 0 aromatic heterocycles. The molecule has 0 fully saturated rings. The molecule has 0 saturated heterocycles. The van der Waals surface area contributed by atoms with Crippen molar-refractivity contribution in [2.75, 3.05) is 17.2 Å². The number of benzene rings is 1. The van der Waals surface area contributed by atoms with E-state index in [4.69, 9.17) is 0 Å². The zero-order valence-electron chi connectivity index (χ0n) is 10.1. The average Bonchev–Trinajstić information content (AvgIpc) is 2.34. The minimum atomic E-state index is 0.603. The summed E-state index contributed by atoms with van der Waals surface area (Å²) in [5, 5.41) is 7.10. The molecule has 1 heterocycles. The van der Waals surface area contributed by atoms with E-state index < -0.39 is 0 Å². The number of hydrogen-bond donors (Lipinski definition) is 2. The summed E-state index contributed by atoms with van der Waals surface area (Å²) in [5.74, 6) is 0. The van der Waals surface area contributed by atoms with Crippen molar-refractivity contribution in [2.24, 2.45) is 0 Å². The van der Waals surface area contributed by atoms with Gasteiger partial charge in [-0.15, -0.1) is 0 Å². The Bertz CT molecular complexity index is 322. The zero-order valence-corrected chi connectivity index (χ0v) is 10.1. The van der Waals surface area contributed by atoms with Crippen LogP contribution in [-0.4, -0.2) is 12.6 Å². The van der Waals surface area contributed by atoms with E-state index in [1.807, 2.05) is 0 Å². The first-order valence-electron chi connectivity index (χ1n) is 6.49. The predicted octanol–water partition coefficient (Wildman–Crippen LogP) is 3.86. The maximum Gasteiger partial charge on any atom is 0.0578 e. The number of rotatable bonds is 5. The van der Waals surface area contributed by atoms with Crippen LogP contribution in [0.4, 0.5) is 11.4 Å². The van der Waals surface area contributed by atoms with Crippen molar-refractivity contribution < 1.29 is 0 Å². The highest BCUT2D eigenvalue weighted by atomic mass is 15.1. The van der Waals surface area contributed by atoms with Crippen LogP contribution in [0.3, 0.4) is 0 Å². The maximum atomic E-state index is 3.61. The SMILES string of the molecule is CCCCCC[C@@H]1CNc2ccccc2N1. The molecule has 1 aliphatic rings. The van der Waals surface area contributed by atoms with E-state index in [1.54, 1.807) is 0 Å². The summed E-state index contributed by atoms with van der Waals surface area (Å²) < 4.78 is 0. The minimum absolute atomic E-state index is 0.603. The van der Waals surface area contributed by atoms with Gasteiger partial charge in [-0.05, 0) is 18.6 Å². The van der Waals surface area contributed by atoms with Gasteiger partial charge in [0.15, 0.2) is 0 Å². The monoisotopic (exact) mass is 218 g/mol. The fourth-order valence-electron chi connectivity index (χ4n) is 2.26. The van der Waals surface area contributed by atoms with Gasteiger partial charge in [-0.25, -0.2) is 0 Å². The Balaban J connectivity index is 1.79. The second-order valence-corrected chi connectivity index (χ2v) is 4.62. The van der Waals surface area contributed by atoms with E-state index in [0.29, 0.717) is 6.04 Å². The smallest absolute Gasteiger partial charge is 0.0578 e. The molecule has 0 bridgehead atoms. The third kappa shape index (κ3) is 2.91. The van der Waals surface area contributed by atoms with Crippen molar-refractivity contribution in [3.63, 3.8) is 0 Å². The summed E-state index contributed by atoms with van der Waals surface area (Å²) in [4.78, 5) is 0. The number of hydrogen-bond acceptors (Lipinski definition) is 2. The van der Waals surface area contributed by atoms with Crippen molar-refractivity contribution in [3.05, 3.63) is 24.3 Å². The number of unbranched alkanes of at least 4 members (excludes halogenated alkanes) is 3.